The van der Waals surface area contributed by atoms with Gasteiger partial charge in [0.15, 0.2) is 25.2 Å². The number of benzene rings is 9. The van der Waals surface area contributed by atoms with Gasteiger partial charge in [-0.05, 0) is 69.5 Å². The Labute approximate surface area is 652 Å². The Kier molecular flexibility index (Phi) is 31.7. The number of hydrogen-bond acceptors (Lipinski definition) is 19. The van der Waals surface area contributed by atoms with Crippen LogP contribution in [0.4, 0.5) is 0 Å². The van der Waals surface area contributed by atoms with Crippen LogP contribution in [0, 0.1) is 0 Å². The lowest BCUT2D eigenvalue weighted by Crippen LogP contribution is -2.69. The maximum Gasteiger partial charge on any atom is 0.305 e. The van der Waals surface area contributed by atoms with E-state index in [1.165, 1.54) is 7.11 Å². The van der Waals surface area contributed by atoms with Crippen LogP contribution in [0.1, 0.15) is 101 Å². The topological polar surface area (TPSA) is 183 Å². The normalized spacial score (nSPS) is 25.2. The van der Waals surface area contributed by atoms with Gasteiger partial charge in [-0.15, -0.1) is 0 Å². The van der Waals surface area contributed by atoms with Gasteiger partial charge in [-0.25, -0.2) is 0 Å². The molecule has 0 spiro atoms. The molecule has 16 atom stereocenters. The van der Waals surface area contributed by atoms with Gasteiger partial charge in [0.2, 0.25) is 0 Å². The summed E-state index contributed by atoms with van der Waals surface area (Å²) in [4.78, 5) is 11.9. The van der Waals surface area contributed by atoms with Crippen molar-refractivity contribution in [2.24, 2.45) is 0 Å². The van der Waals surface area contributed by atoms with E-state index in [-0.39, 0.29) is 78.6 Å². The van der Waals surface area contributed by atoms with E-state index >= 15 is 0 Å². The van der Waals surface area contributed by atoms with Crippen LogP contribution in [0.5, 0.6) is 5.75 Å². The van der Waals surface area contributed by atoms with Gasteiger partial charge < -0.3 is 85.3 Å². The van der Waals surface area contributed by atoms with E-state index in [1.54, 1.807) is 7.11 Å². The first kappa shape index (κ1) is 80.7. The highest BCUT2D eigenvalue weighted by atomic mass is 16.8. The standard InChI is InChI=1S/C92H104O19/c1-94-75-52-50-74(51-53-75)89-105-65-78-82(109-89)85(87(104-62-73-47-29-14-30-48-73)90(106-78)98-54-32-6-4-3-5-31-49-79(93)95-2)110-92-88(84(102-60-71-43-25-12-26-44-71)81(100-58-69-39-21-10-22-40-69)77(108-92)64-97-56-67-35-17-8-18-36-67)111-91-86(103-61-72-45-27-13-28-46-72)83(101-59-70-41-23-11-24-42-70)80(99-57-68-37-19-9-20-38-68)76(107-91)63-96-55-66-33-15-7-16-34-66/h7-30,33-48,50-53,76-78,80-92H,3-6,31-32,49,54-65H2,1-2H3/t76-,77-,78-,80-,81-,82-,83+,84+,85+,86-,87-,88-,89?,90+,91-,92-/m1/s1. The zero-order chi connectivity index (χ0) is 75.9. The molecule has 4 aliphatic rings. The van der Waals surface area contributed by atoms with E-state index in [1.807, 2.05) is 267 Å². The van der Waals surface area contributed by atoms with Crippen molar-refractivity contribution < 1.29 is 90.1 Å². The summed E-state index contributed by atoms with van der Waals surface area (Å²) in [5.41, 5.74) is 8.17. The lowest BCUT2D eigenvalue weighted by Gasteiger charge is -2.53. The number of methoxy groups -OCH3 is 2. The first-order chi connectivity index (χ1) is 54.9. The van der Waals surface area contributed by atoms with Crippen molar-refractivity contribution in [3.05, 3.63) is 317 Å². The lowest BCUT2D eigenvalue weighted by atomic mass is 9.94. The number of rotatable bonds is 42. The van der Waals surface area contributed by atoms with Crippen molar-refractivity contribution in [3.63, 3.8) is 0 Å². The second-order valence-corrected chi connectivity index (χ2v) is 28.3. The summed E-state index contributed by atoms with van der Waals surface area (Å²) in [5, 5.41) is 0. The van der Waals surface area contributed by atoms with E-state index < -0.39 is 98.4 Å². The van der Waals surface area contributed by atoms with Gasteiger partial charge in [0.05, 0.1) is 86.9 Å². The van der Waals surface area contributed by atoms with Gasteiger partial charge in [0.1, 0.15) is 79.0 Å². The van der Waals surface area contributed by atoms with Crippen LogP contribution in [0.3, 0.4) is 0 Å². The highest BCUT2D eigenvalue weighted by molar-refractivity contribution is 5.69. The van der Waals surface area contributed by atoms with Crippen molar-refractivity contribution in [1.29, 1.82) is 0 Å². The summed E-state index contributed by atoms with van der Waals surface area (Å²) in [7, 11) is 3.06. The van der Waals surface area contributed by atoms with Gasteiger partial charge in [0.25, 0.3) is 0 Å². The molecule has 19 nitrogen and oxygen atoms in total. The van der Waals surface area contributed by atoms with Crippen LogP contribution in [0.15, 0.2) is 267 Å². The second kappa shape index (κ2) is 43.6. The molecule has 586 valence electrons. The van der Waals surface area contributed by atoms with Crippen molar-refractivity contribution in [1.82, 2.24) is 0 Å². The van der Waals surface area contributed by atoms with E-state index in [2.05, 4.69) is 0 Å². The largest absolute Gasteiger partial charge is 0.497 e. The van der Waals surface area contributed by atoms with Crippen LogP contribution in [0.25, 0.3) is 0 Å². The van der Waals surface area contributed by atoms with E-state index in [9.17, 15) is 4.79 Å². The number of fused-ring (bicyclic) bond motifs is 1. The van der Waals surface area contributed by atoms with Crippen LogP contribution < -0.4 is 4.74 Å². The van der Waals surface area contributed by atoms with E-state index in [4.69, 9.17) is 85.3 Å². The molecule has 0 radical (unpaired) electrons. The van der Waals surface area contributed by atoms with Crippen LogP contribution in [0.2, 0.25) is 0 Å². The Bertz CT molecular complexity index is 4030. The quantitative estimate of drug-likeness (QED) is 0.0260. The Morgan fingerprint density at radius 2 is 0.685 bits per heavy atom. The molecule has 0 saturated carbocycles. The first-order valence-electron chi connectivity index (χ1n) is 38.9. The van der Waals surface area contributed by atoms with Crippen molar-refractivity contribution in [3.8, 4) is 5.75 Å². The summed E-state index contributed by atoms with van der Waals surface area (Å²) < 4.78 is 128. The third-order valence-electron chi connectivity index (χ3n) is 20.2. The van der Waals surface area contributed by atoms with Crippen LogP contribution >= 0.6 is 0 Å². The summed E-state index contributed by atoms with van der Waals surface area (Å²) >= 11 is 0. The number of carbonyl (C=O) groups excluding carboxylic acids is 1. The zero-order valence-electron chi connectivity index (χ0n) is 63.3. The molecular weight excluding hydrogens is 1410 g/mol. The molecule has 0 amide bonds. The van der Waals surface area contributed by atoms with E-state index in [0.29, 0.717) is 25.2 Å². The number of esters is 1. The minimum atomic E-state index is -1.41. The molecule has 111 heavy (non-hydrogen) atoms. The van der Waals surface area contributed by atoms with Gasteiger partial charge in [-0.3, -0.25) is 4.79 Å². The molecule has 0 N–H and O–H groups in total. The fourth-order valence-electron chi connectivity index (χ4n) is 14.3. The maximum absolute atomic E-state index is 11.9. The molecule has 19 heteroatoms. The molecule has 4 fully saturated rings. The van der Waals surface area contributed by atoms with Crippen molar-refractivity contribution >= 4 is 5.97 Å². The number of hydrogen-bond donors (Lipinski definition) is 0. The highest BCUT2D eigenvalue weighted by Crippen LogP contribution is 2.43. The van der Waals surface area contributed by atoms with Gasteiger partial charge >= 0.3 is 5.97 Å². The van der Waals surface area contributed by atoms with E-state index in [0.717, 1.165) is 82.2 Å². The Balaban J connectivity index is 0.942. The summed E-state index contributed by atoms with van der Waals surface area (Å²) in [6, 6.07) is 87.7. The third-order valence-corrected chi connectivity index (χ3v) is 20.2. The van der Waals surface area contributed by atoms with Gasteiger partial charge in [-0.2, -0.15) is 0 Å². The first-order valence-corrected chi connectivity index (χ1v) is 38.9. The van der Waals surface area contributed by atoms with Crippen LogP contribution in [-0.4, -0.2) is 139 Å². The fourth-order valence-corrected chi connectivity index (χ4v) is 14.3. The monoisotopic (exact) mass is 1510 g/mol. The molecule has 9 aromatic rings. The Morgan fingerprint density at radius 3 is 1.10 bits per heavy atom. The van der Waals surface area contributed by atoms with Crippen LogP contribution in [-0.2, 0) is 138 Å². The molecule has 13 rings (SSSR count). The molecule has 0 aromatic heterocycles. The fraction of sp³-hybridized carbons (Fsp3) is 0.402. The smallest absolute Gasteiger partial charge is 0.305 e. The number of unbranched alkanes of at least 4 members (excludes halogenated alkanes) is 5. The number of ether oxygens (including phenoxy) is 18. The van der Waals surface area contributed by atoms with Gasteiger partial charge in [0, 0.05) is 18.6 Å². The molecule has 4 saturated heterocycles. The Morgan fingerprint density at radius 1 is 0.333 bits per heavy atom. The number of carbonyl (C=O) groups is 1. The molecule has 4 aliphatic heterocycles. The molecule has 0 bridgehead atoms. The van der Waals surface area contributed by atoms with Crippen molar-refractivity contribution in [2.75, 3.05) is 40.6 Å². The average Bonchev–Trinajstić information content (AvgIpc) is 0.756. The minimum absolute atomic E-state index is 0.0141. The minimum Gasteiger partial charge on any atom is -0.497 e. The SMILES string of the molecule is COC(=O)CCCCCCCCO[C@H]1O[C@@H]2COC(c3ccc(OC)cc3)O[C@H]2[C@H](O[C@H]2O[C@H](COCc3ccccc3)[C@@H](OCc3ccccc3)[C@H](OCc3ccccc3)[C@H]2O[C@H]2O[C@H](COCc3ccccc3)[C@@H](OCc3ccccc3)[C@H](OCc3ccccc3)[C@H]2OCc2ccccc2)[C@H]1OCc1ccccc1. The predicted octanol–water partition coefficient (Wildman–Crippen LogP) is 15.9. The summed E-state index contributed by atoms with van der Waals surface area (Å²) in [6.45, 7) is 1.89. The molecule has 9 aromatic carbocycles. The predicted molar refractivity (Wildman–Crippen MR) is 415 cm³/mol. The third kappa shape index (κ3) is 24.1. The van der Waals surface area contributed by atoms with Crippen molar-refractivity contribution in [2.45, 2.75) is 196 Å². The zero-order valence-corrected chi connectivity index (χ0v) is 63.3. The maximum atomic E-state index is 11.9. The molecule has 0 aliphatic carbocycles. The van der Waals surface area contributed by atoms with Gasteiger partial charge in [-0.1, -0.05) is 280 Å². The summed E-state index contributed by atoms with van der Waals surface area (Å²) in [5.74, 6) is 0.474. The Hall–Kier alpha value is -8.39. The second-order valence-electron chi connectivity index (χ2n) is 28.3. The average molecular weight is 1510 g/mol. The summed E-state index contributed by atoms with van der Waals surface area (Å²) in [6.07, 6.45) is -10.7. The highest BCUT2D eigenvalue weighted by Gasteiger charge is 2.59. The molecule has 1 unspecified atom stereocenters. The molecular formula is C92H104O19. The lowest BCUT2D eigenvalue weighted by molar-refractivity contribution is -0.415. The molecule has 4 heterocycles.